The lowest BCUT2D eigenvalue weighted by Gasteiger charge is -2.36. The van der Waals surface area contributed by atoms with Crippen LogP contribution in [0.4, 0.5) is 11.4 Å². The van der Waals surface area contributed by atoms with Gasteiger partial charge in [-0.25, -0.2) is 0 Å². The molecule has 1 aliphatic heterocycles. The predicted octanol–water partition coefficient (Wildman–Crippen LogP) is 1.64. The molecule has 0 saturated carbocycles. The van der Waals surface area contributed by atoms with E-state index in [-0.39, 0.29) is 5.91 Å². The van der Waals surface area contributed by atoms with Crippen molar-refractivity contribution in [1.29, 1.82) is 0 Å². The maximum absolute atomic E-state index is 11.6. The average molecular weight is 247 g/mol. The fourth-order valence-corrected chi connectivity index (χ4v) is 2.39. The third kappa shape index (κ3) is 2.58. The number of piperazine rings is 1. The van der Waals surface area contributed by atoms with Crippen molar-refractivity contribution >= 4 is 17.3 Å². The summed E-state index contributed by atoms with van der Waals surface area (Å²) in [4.78, 5) is 15.9. The number of carbonyl (C=O) groups is 1. The van der Waals surface area contributed by atoms with Crippen LogP contribution in [0.25, 0.3) is 0 Å². The minimum absolute atomic E-state index is 0.249. The largest absolute Gasteiger partial charge is 0.399 e. The van der Waals surface area contributed by atoms with Crippen molar-refractivity contribution < 1.29 is 4.79 Å². The molecule has 0 bridgehead atoms. The Labute approximate surface area is 108 Å². The topological polar surface area (TPSA) is 49.6 Å². The van der Waals surface area contributed by atoms with Gasteiger partial charge in [0.05, 0.1) is 0 Å². The zero-order valence-electron chi connectivity index (χ0n) is 11.1. The molecule has 0 spiro atoms. The van der Waals surface area contributed by atoms with Crippen molar-refractivity contribution in [3.8, 4) is 0 Å². The summed E-state index contributed by atoms with van der Waals surface area (Å²) in [5.41, 5.74) is 9.06. The van der Waals surface area contributed by atoms with Gasteiger partial charge in [-0.15, -0.1) is 0 Å². The summed E-state index contributed by atoms with van der Waals surface area (Å²) in [6.45, 7) is 7.39. The molecule has 2 N–H and O–H groups in total. The van der Waals surface area contributed by atoms with Gasteiger partial charge in [0.25, 0.3) is 0 Å². The SMILES string of the molecule is CCC(=O)N1CCN(c2cc(N)ccc2C)CC1. The molecule has 0 atom stereocenters. The van der Waals surface area contributed by atoms with Gasteiger partial charge >= 0.3 is 0 Å². The van der Waals surface area contributed by atoms with E-state index in [0.29, 0.717) is 6.42 Å². The Balaban J connectivity index is 2.05. The first-order valence-electron chi connectivity index (χ1n) is 6.50. The van der Waals surface area contributed by atoms with Gasteiger partial charge in [0.1, 0.15) is 0 Å². The van der Waals surface area contributed by atoms with Crippen LogP contribution >= 0.6 is 0 Å². The second-order valence-corrected chi connectivity index (χ2v) is 4.77. The maximum Gasteiger partial charge on any atom is 0.222 e. The van der Waals surface area contributed by atoms with Crippen LogP contribution in [0.1, 0.15) is 18.9 Å². The summed E-state index contributed by atoms with van der Waals surface area (Å²) in [5.74, 6) is 0.249. The second-order valence-electron chi connectivity index (χ2n) is 4.77. The second kappa shape index (κ2) is 5.29. The van der Waals surface area contributed by atoms with Crippen molar-refractivity contribution in [3.05, 3.63) is 23.8 Å². The van der Waals surface area contributed by atoms with E-state index in [2.05, 4.69) is 11.8 Å². The third-order valence-corrected chi connectivity index (χ3v) is 3.51. The van der Waals surface area contributed by atoms with Crippen LogP contribution in [-0.4, -0.2) is 37.0 Å². The number of nitrogens with two attached hydrogens (primary N) is 1. The zero-order chi connectivity index (χ0) is 13.1. The Morgan fingerprint density at radius 3 is 2.56 bits per heavy atom. The zero-order valence-corrected chi connectivity index (χ0v) is 11.1. The summed E-state index contributed by atoms with van der Waals surface area (Å²) in [6.07, 6.45) is 0.595. The molecule has 98 valence electrons. The number of amides is 1. The summed E-state index contributed by atoms with van der Waals surface area (Å²) in [5, 5.41) is 0. The summed E-state index contributed by atoms with van der Waals surface area (Å²) < 4.78 is 0. The van der Waals surface area contributed by atoms with Crippen molar-refractivity contribution in [3.63, 3.8) is 0 Å². The van der Waals surface area contributed by atoms with Gasteiger partial charge in [0.15, 0.2) is 0 Å². The van der Waals surface area contributed by atoms with Crippen LogP contribution in [-0.2, 0) is 4.79 Å². The van der Waals surface area contributed by atoms with Crippen LogP contribution in [0.2, 0.25) is 0 Å². The fraction of sp³-hybridized carbons (Fsp3) is 0.500. The Hall–Kier alpha value is -1.71. The number of hydrogen-bond acceptors (Lipinski definition) is 3. The Bertz CT molecular complexity index is 437. The Kier molecular flexibility index (Phi) is 3.75. The fourth-order valence-electron chi connectivity index (χ4n) is 2.39. The number of rotatable bonds is 2. The van der Waals surface area contributed by atoms with Gasteiger partial charge in [0, 0.05) is 44.0 Å². The van der Waals surface area contributed by atoms with Crippen LogP contribution in [0.5, 0.6) is 0 Å². The number of aryl methyl sites for hydroxylation is 1. The van der Waals surface area contributed by atoms with E-state index in [9.17, 15) is 4.79 Å². The number of benzene rings is 1. The molecule has 0 aromatic heterocycles. The average Bonchev–Trinajstić information content (AvgIpc) is 2.41. The highest BCUT2D eigenvalue weighted by molar-refractivity contribution is 5.76. The molecule has 4 heteroatoms. The number of anilines is 2. The summed E-state index contributed by atoms with van der Waals surface area (Å²) in [6, 6.07) is 6.00. The molecule has 2 rings (SSSR count). The highest BCUT2D eigenvalue weighted by atomic mass is 16.2. The van der Waals surface area contributed by atoms with Crippen molar-refractivity contribution in [2.24, 2.45) is 0 Å². The molecular formula is C14H21N3O. The van der Waals surface area contributed by atoms with Gasteiger partial charge in [0.2, 0.25) is 5.91 Å². The summed E-state index contributed by atoms with van der Waals surface area (Å²) in [7, 11) is 0. The molecule has 1 amide bonds. The van der Waals surface area contributed by atoms with E-state index in [4.69, 9.17) is 5.73 Å². The first-order valence-corrected chi connectivity index (χ1v) is 6.50. The van der Waals surface area contributed by atoms with Gasteiger partial charge in [-0.05, 0) is 24.6 Å². The minimum atomic E-state index is 0.249. The van der Waals surface area contributed by atoms with E-state index in [1.165, 1.54) is 11.3 Å². The maximum atomic E-state index is 11.6. The van der Waals surface area contributed by atoms with Gasteiger partial charge in [-0.2, -0.15) is 0 Å². The lowest BCUT2D eigenvalue weighted by molar-refractivity contribution is -0.131. The molecular weight excluding hydrogens is 226 g/mol. The van der Waals surface area contributed by atoms with E-state index >= 15 is 0 Å². The molecule has 4 nitrogen and oxygen atoms in total. The van der Waals surface area contributed by atoms with Gasteiger partial charge in [-0.3, -0.25) is 4.79 Å². The number of carbonyl (C=O) groups excluding carboxylic acids is 1. The van der Waals surface area contributed by atoms with Gasteiger partial charge < -0.3 is 15.5 Å². The van der Waals surface area contributed by atoms with E-state index in [0.717, 1.165) is 31.9 Å². The minimum Gasteiger partial charge on any atom is -0.399 e. The molecule has 1 heterocycles. The van der Waals surface area contributed by atoms with E-state index in [1.54, 1.807) is 0 Å². The molecule has 0 unspecified atom stereocenters. The van der Waals surface area contributed by atoms with Crippen LogP contribution in [0, 0.1) is 6.92 Å². The predicted molar refractivity (Wildman–Crippen MR) is 74.7 cm³/mol. The molecule has 18 heavy (non-hydrogen) atoms. The lowest BCUT2D eigenvalue weighted by atomic mass is 10.1. The highest BCUT2D eigenvalue weighted by Gasteiger charge is 2.20. The molecule has 0 aliphatic carbocycles. The quantitative estimate of drug-likeness (QED) is 0.808. The first kappa shape index (κ1) is 12.7. The third-order valence-electron chi connectivity index (χ3n) is 3.51. The molecule has 1 aromatic carbocycles. The lowest BCUT2D eigenvalue weighted by Crippen LogP contribution is -2.48. The normalized spacial score (nSPS) is 15.9. The smallest absolute Gasteiger partial charge is 0.222 e. The monoisotopic (exact) mass is 247 g/mol. The summed E-state index contributed by atoms with van der Waals surface area (Å²) >= 11 is 0. The first-order chi connectivity index (χ1) is 8.61. The van der Waals surface area contributed by atoms with E-state index in [1.807, 2.05) is 30.0 Å². The van der Waals surface area contributed by atoms with E-state index < -0.39 is 0 Å². The molecule has 1 fully saturated rings. The Morgan fingerprint density at radius 2 is 1.94 bits per heavy atom. The standard InChI is InChI=1S/C14H21N3O/c1-3-14(18)17-8-6-16(7-9-17)13-10-12(15)5-4-11(13)2/h4-5,10H,3,6-9,15H2,1-2H3. The highest BCUT2D eigenvalue weighted by Crippen LogP contribution is 2.24. The van der Waals surface area contributed by atoms with Crippen LogP contribution < -0.4 is 10.6 Å². The molecule has 1 saturated heterocycles. The number of hydrogen-bond donors (Lipinski definition) is 1. The molecule has 1 aliphatic rings. The van der Waals surface area contributed by atoms with Crippen molar-refractivity contribution in [2.75, 3.05) is 36.8 Å². The van der Waals surface area contributed by atoms with Crippen LogP contribution in [0.15, 0.2) is 18.2 Å². The van der Waals surface area contributed by atoms with Gasteiger partial charge in [-0.1, -0.05) is 13.0 Å². The number of nitrogens with zero attached hydrogens (tertiary/aromatic N) is 2. The number of nitrogen functional groups attached to an aromatic ring is 1. The van der Waals surface area contributed by atoms with Crippen LogP contribution in [0.3, 0.4) is 0 Å². The van der Waals surface area contributed by atoms with Crippen molar-refractivity contribution in [1.82, 2.24) is 4.90 Å². The Morgan fingerprint density at radius 1 is 1.28 bits per heavy atom. The molecule has 0 radical (unpaired) electrons. The molecule has 1 aromatic rings. The van der Waals surface area contributed by atoms with Crippen molar-refractivity contribution in [2.45, 2.75) is 20.3 Å².